The van der Waals surface area contributed by atoms with Crippen LogP contribution in [0, 0.1) is 12.8 Å². The SMILES string of the molecule is CCN(CC(C)C(=O)OC)C(=O)c1cc(C(C)C)nc2c1c(C)nn2C(C)(C)C. The van der Waals surface area contributed by atoms with Crippen molar-refractivity contribution in [2.75, 3.05) is 20.2 Å². The molecule has 0 aromatic carbocycles. The molecule has 0 saturated heterocycles. The van der Waals surface area contributed by atoms with Crippen molar-refractivity contribution in [3.63, 3.8) is 0 Å². The first-order valence-electron chi connectivity index (χ1n) is 10.2. The van der Waals surface area contributed by atoms with Crippen LogP contribution in [-0.4, -0.2) is 51.7 Å². The van der Waals surface area contributed by atoms with E-state index in [2.05, 4.69) is 34.6 Å². The zero-order valence-corrected chi connectivity index (χ0v) is 19.2. The molecule has 29 heavy (non-hydrogen) atoms. The Morgan fingerprint density at radius 1 is 1.24 bits per heavy atom. The Kier molecular flexibility index (Phi) is 6.71. The van der Waals surface area contributed by atoms with Gasteiger partial charge in [-0.05, 0) is 46.6 Å². The van der Waals surface area contributed by atoms with Crippen molar-refractivity contribution in [1.82, 2.24) is 19.7 Å². The molecule has 2 aromatic heterocycles. The summed E-state index contributed by atoms with van der Waals surface area (Å²) in [5.74, 6) is -0.673. The normalized spacial score (nSPS) is 13.0. The van der Waals surface area contributed by atoms with Gasteiger partial charge in [0.1, 0.15) is 0 Å². The number of methoxy groups -OCH3 is 1. The number of amides is 1. The van der Waals surface area contributed by atoms with Gasteiger partial charge in [0, 0.05) is 18.8 Å². The van der Waals surface area contributed by atoms with Crippen molar-refractivity contribution < 1.29 is 14.3 Å². The van der Waals surface area contributed by atoms with Crippen LogP contribution in [0.2, 0.25) is 0 Å². The molecular formula is C22H34N4O3. The summed E-state index contributed by atoms with van der Waals surface area (Å²) in [4.78, 5) is 31.9. The average Bonchev–Trinajstić information content (AvgIpc) is 3.01. The van der Waals surface area contributed by atoms with Gasteiger partial charge < -0.3 is 9.64 Å². The molecule has 2 rings (SSSR count). The number of hydrogen-bond donors (Lipinski definition) is 0. The molecule has 0 aliphatic rings. The maximum Gasteiger partial charge on any atom is 0.310 e. The van der Waals surface area contributed by atoms with E-state index in [1.165, 1.54) is 7.11 Å². The molecule has 0 radical (unpaired) electrons. The lowest BCUT2D eigenvalue weighted by Crippen LogP contribution is -2.37. The number of aryl methyl sites for hydroxylation is 1. The molecule has 7 heteroatoms. The van der Waals surface area contributed by atoms with Gasteiger partial charge in [0.15, 0.2) is 5.65 Å². The first-order valence-corrected chi connectivity index (χ1v) is 10.2. The van der Waals surface area contributed by atoms with Gasteiger partial charge in [-0.1, -0.05) is 20.8 Å². The average molecular weight is 403 g/mol. The number of aromatic nitrogens is 3. The Hall–Kier alpha value is -2.44. The van der Waals surface area contributed by atoms with Gasteiger partial charge >= 0.3 is 5.97 Å². The number of carbonyl (C=O) groups excluding carboxylic acids is 2. The van der Waals surface area contributed by atoms with E-state index >= 15 is 0 Å². The number of rotatable bonds is 6. The van der Waals surface area contributed by atoms with Crippen molar-refractivity contribution in [1.29, 1.82) is 0 Å². The maximum absolute atomic E-state index is 13.5. The van der Waals surface area contributed by atoms with Gasteiger partial charge in [0.2, 0.25) is 0 Å². The summed E-state index contributed by atoms with van der Waals surface area (Å²) in [5, 5.41) is 5.48. The molecule has 160 valence electrons. The number of hydrogen-bond acceptors (Lipinski definition) is 5. The Balaban J connectivity index is 2.65. The van der Waals surface area contributed by atoms with E-state index in [-0.39, 0.29) is 23.3 Å². The predicted octanol–water partition coefficient (Wildman–Crippen LogP) is 3.89. The topological polar surface area (TPSA) is 77.3 Å². The minimum absolute atomic E-state index is 0.117. The van der Waals surface area contributed by atoms with E-state index in [1.54, 1.807) is 11.8 Å². The second kappa shape index (κ2) is 8.51. The quantitative estimate of drug-likeness (QED) is 0.685. The molecule has 7 nitrogen and oxygen atoms in total. The Morgan fingerprint density at radius 3 is 2.34 bits per heavy atom. The van der Waals surface area contributed by atoms with Gasteiger partial charge in [0.05, 0.1) is 35.2 Å². The van der Waals surface area contributed by atoms with Crippen LogP contribution in [0.25, 0.3) is 11.0 Å². The number of fused-ring (bicyclic) bond motifs is 1. The number of carbonyl (C=O) groups is 2. The highest BCUT2D eigenvalue weighted by atomic mass is 16.5. The van der Waals surface area contributed by atoms with Gasteiger partial charge in [0.25, 0.3) is 5.91 Å². The second-order valence-electron chi connectivity index (χ2n) is 8.88. The molecule has 1 unspecified atom stereocenters. The lowest BCUT2D eigenvalue weighted by molar-refractivity contribution is -0.145. The molecular weight excluding hydrogens is 368 g/mol. The zero-order valence-electron chi connectivity index (χ0n) is 19.2. The molecule has 0 bridgehead atoms. The molecule has 0 aliphatic carbocycles. The third kappa shape index (κ3) is 4.60. The summed E-state index contributed by atoms with van der Waals surface area (Å²) < 4.78 is 6.72. The summed E-state index contributed by atoms with van der Waals surface area (Å²) in [5.41, 5.74) is 2.67. The number of nitrogens with zero attached hydrogens (tertiary/aromatic N) is 4. The highest BCUT2D eigenvalue weighted by molar-refractivity contribution is 6.06. The first-order chi connectivity index (χ1) is 13.4. The Bertz CT molecular complexity index is 909. The first kappa shape index (κ1) is 22.8. The van der Waals surface area contributed by atoms with Crippen molar-refractivity contribution in [3.05, 3.63) is 23.0 Å². The van der Waals surface area contributed by atoms with E-state index in [0.717, 1.165) is 22.4 Å². The van der Waals surface area contributed by atoms with E-state index in [4.69, 9.17) is 14.8 Å². The molecule has 0 fully saturated rings. The Labute approximate surface area is 173 Å². The van der Waals surface area contributed by atoms with Gasteiger partial charge in [-0.25, -0.2) is 9.67 Å². The predicted molar refractivity (Wildman–Crippen MR) is 114 cm³/mol. The maximum atomic E-state index is 13.5. The molecule has 0 saturated carbocycles. The van der Waals surface area contributed by atoms with Crippen LogP contribution >= 0.6 is 0 Å². The zero-order chi connectivity index (χ0) is 22.1. The molecule has 1 atom stereocenters. The molecule has 1 amide bonds. The molecule has 0 N–H and O–H groups in total. The summed E-state index contributed by atoms with van der Waals surface area (Å²) in [7, 11) is 1.36. The van der Waals surface area contributed by atoms with Crippen molar-refractivity contribution in [2.45, 2.75) is 66.8 Å². The van der Waals surface area contributed by atoms with Crippen molar-refractivity contribution in [2.24, 2.45) is 5.92 Å². The third-order valence-corrected chi connectivity index (χ3v) is 5.06. The van der Waals surface area contributed by atoms with E-state index in [9.17, 15) is 9.59 Å². The largest absolute Gasteiger partial charge is 0.469 e. The highest BCUT2D eigenvalue weighted by Gasteiger charge is 2.28. The standard InChI is InChI=1S/C22H34N4O3/c1-10-25(12-14(4)21(28)29-9)20(27)16-11-17(13(2)3)23-19-18(16)15(5)24-26(19)22(6,7)8/h11,13-14H,10,12H2,1-9H3. The van der Waals surface area contributed by atoms with E-state index < -0.39 is 5.92 Å². The van der Waals surface area contributed by atoms with Crippen LogP contribution in [0.5, 0.6) is 0 Å². The third-order valence-electron chi connectivity index (χ3n) is 5.06. The van der Waals surface area contributed by atoms with Crippen LogP contribution in [-0.2, 0) is 15.1 Å². The minimum atomic E-state index is -0.399. The second-order valence-corrected chi connectivity index (χ2v) is 8.88. The summed E-state index contributed by atoms with van der Waals surface area (Å²) >= 11 is 0. The van der Waals surface area contributed by atoms with E-state index in [0.29, 0.717) is 18.7 Å². The van der Waals surface area contributed by atoms with Gasteiger partial charge in [-0.3, -0.25) is 9.59 Å². The van der Waals surface area contributed by atoms with Crippen molar-refractivity contribution in [3.8, 4) is 0 Å². The van der Waals surface area contributed by atoms with Crippen LogP contribution in [0.3, 0.4) is 0 Å². The summed E-state index contributed by atoms with van der Waals surface area (Å²) in [6, 6.07) is 1.88. The number of esters is 1. The molecule has 2 heterocycles. The van der Waals surface area contributed by atoms with Crippen LogP contribution < -0.4 is 0 Å². The van der Waals surface area contributed by atoms with Crippen LogP contribution in [0.1, 0.15) is 76.1 Å². The monoisotopic (exact) mass is 402 g/mol. The fourth-order valence-corrected chi connectivity index (χ4v) is 3.37. The molecule has 0 spiro atoms. The minimum Gasteiger partial charge on any atom is -0.469 e. The summed E-state index contributed by atoms with van der Waals surface area (Å²) in [6.45, 7) is 16.7. The highest BCUT2D eigenvalue weighted by Crippen LogP contribution is 2.29. The lowest BCUT2D eigenvalue weighted by atomic mass is 10.0. The lowest BCUT2D eigenvalue weighted by Gasteiger charge is -2.25. The number of ether oxygens (including phenoxy) is 1. The smallest absolute Gasteiger partial charge is 0.310 e. The van der Waals surface area contributed by atoms with Crippen LogP contribution in [0.4, 0.5) is 0 Å². The fraction of sp³-hybridized carbons (Fsp3) is 0.636. The van der Waals surface area contributed by atoms with Crippen molar-refractivity contribution >= 4 is 22.9 Å². The summed E-state index contributed by atoms with van der Waals surface area (Å²) in [6.07, 6.45) is 0. The fourth-order valence-electron chi connectivity index (χ4n) is 3.37. The van der Waals surface area contributed by atoms with Gasteiger partial charge in [-0.15, -0.1) is 0 Å². The number of pyridine rings is 1. The Morgan fingerprint density at radius 2 is 1.86 bits per heavy atom. The molecule has 0 aliphatic heterocycles. The van der Waals surface area contributed by atoms with Gasteiger partial charge in [-0.2, -0.15) is 5.10 Å². The van der Waals surface area contributed by atoms with Crippen LogP contribution in [0.15, 0.2) is 6.07 Å². The molecule has 2 aromatic rings. The van der Waals surface area contributed by atoms with E-state index in [1.807, 2.05) is 24.6 Å².